The molecule has 13 heteroatoms. The summed E-state index contributed by atoms with van der Waals surface area (Å²) in [4.78, 5) is 56.4. The Morgan fingerprint density at radius 1 is 1.15 bits per heavy atom. The van der Waals surface area contributed by atoms with Gasteiger partial charge in [0.2, 0.25) is 11.8 Å². The predicted octanol–water partition coefficient (Wildman–Crippen LogP) is 2.66. The number of rotatable bonds is 8. The van der Waals surface area contributed by atoms with Gasteiger partial charge in [0, 0.05) is 29.9 Å². The lowest BCUT2D eigenvalue weighted by Gasteiger charge is -2.29. The SMILES string of the molecule is O=C1NCCC1CC(NC(=O)C1C2CCCC2CN1C(=O)c1cc2cc(F)ccc2[nH]1)C(=O)COC(F)(F)F. The second-order valence-electron chi connectivity index (χ2n) is 10.4. The summed E-state index contributed by atoms with van der Waals surface area (Å²) in [5, 5.41) is 5.66. The summed E-state index contributed by atoms with van der Waals surface area (Å²) in [5.74, 6) is -3.75. The van der Waals surface area contributed by atoms with Gasteiger partial charge in [0.05, 0.1) is 6.04 Å². The molecule has 210 valence electrons. The number of alkyl halides is 3. The van der Waals surface area contributed by atoms with Crippen molar-refractivity contribution in [1.82, 2.24) is 20.5 Å². The van der Waals surface area contributed by atoms with Crippen LogP contribution in [0, 0.1) is 23.6 Å². The third-order valence-electron chi connectivity index (χ3n) is 8.00. The van der Waals surface area contributed by atoms with Crippen molar-refractivity contribution in [1.29, 1.82) is 0 Å². The minimum Gasteiger partial charge on any atom is -0.356 e. The second kappa shape index (κ2) is 10.6. The highest BCUT2D eigenvalue weighted by molar-refractivity contribution is 6.01. The van der Waals surface area contributed by atoms with E-state index in [4.69, 9.17) is 0 Å². The third-order valence-corrected chi connectivity index (χ3v) is 8.00. The van der Waals surface area contributed by atoms with E-state index in [1.165, 1.54) is 29.2 Å². The van der Waals surface area contributed by atoms with Gasteiger partial charge in [0.1, 0.15) is 24.2 Å². The van der Waals surface area contributed by atoms with Gasteiger partial charge in [0.15, 0.2) is 5.78 Å². The number of aromatic nitrogens is 1. The van der Waals surface area contributed by atoms with Gasteiger partial charge < -0.3 is 20.5 Å². The highest BCUT2D eigenvalue weighted by atomic mass is 19.4. The molecule has 3 fully saturated rings. The zero-order chi connectivity index (χ0) is 27.9. The van der Waals surface area contributed by atoms with Crippen molar-refractivity contribution in [2.24, 2.45) is 17.8 Å². The predicted molar refractivity (Wildman–Crippen MR) is 129 cm³/mol. The zero-order valence-corrected chi connectivity index (χ0v) is 20.9. The molecule has 0 radical (unpaired) electrons. The van der Waals surface area contributed by atoms with Crippen molar-refractivity contribution >= 4 is 34.4 Å². The van der Waals surface area contributed by atoms with Crippen LogP contribution in [0.4, 0.5) is 17.6 Å². The smallest absolute Gasteiger partial charge is 0.356 e. The fourth-order valence-electron chi connectivity index (χ4n) is 6.16. The number of carbonyl (C=O) groups excluding carboxylic acids is 4. The highest BCUT2D eigenvalue weighted by Crippen LogP contribution is 2.43. The summed E-state index contributed by atoms with van der Waals surface area (Å²) in [6.07, 6.45) is -2.51. The fraction of sp³-hybridized carbons (Fsp3) is 0.538. The first-order valence-electron chi connectivity index (χ1n) is 12.9. The van der Waals surface area contributed by atoms with Crippen LogP contribution in [0.25, 0.3) is 10.9 Å². The Balaban J connectivity index is 1.37. The summed E-state index contributed by atoms with van der Waals surface area (Å²) < 4.78 is 55.2. The number of nitrogens with zero attached hydrogens (tertiary/aromatic N) is 1. The molecule has 1 aromatic carbocycles. The standard InChI is InChI=1S/C26H28F4N4O5/c27-16-4-5-18-15(8-16)10-20(32-18)25(38)34-11-14-2-1-3-17(14)22(34)24(37)33-19(9-13-6-7-31-23(13)36)21(35)12-39-26(28,29)30/h4-5,8,10,13-14,17,19,22,32H,1-3,6-7,9,11-12H2,(H,31,36)(H,33,37). The molecule has 5 atom stereocenters. The van der Waals surface area contributed by atoms with Gasteiger partial charge in [-0.15, -0.1) is 13.2 Å². The Hall–Kier alpha value is -3.48. The number of ether oxygens (including phenoxy) is 1. The number of hydrogen-bond donors (Lipinski definition) is 3. The number of likely N-dealkylation sites (tertiary alicyclic amines) is 1. The van der Waals surface area contributed by atoms with E-state index in [0.29, 0.717) is 36.8 Å². The van der Waals surface area contributed by atoms with Gasteiger partial charge in [-0.05, 0) is 61.8 Å². The molecule has 3 heterocycles. The van der Waals surface area contributed by atoms with Gasteiger partial charge in [0.25, 0.3) is 5.91 Å². The number of Topliss-reactive ketones (excluding diaryl/α,β-unsaturated/α-hetero) is 1. The topological polar surface area (TPSA) is 121 Å². The van der Waals surface area contributed by atoms with Crippen LogP contribution in [0.3, 0.4) is 0 Å². The van der Waals surface area contributed by atoms with E-state index in [1.54, 1.807) is 0 Å². The quantitative estimate of drug-likeness (QED) is 0.435. The van der Waals surface area contributed by atoms with E-state index in [2.05, 4.69) is 20.4 Å². The molecule has 3 N–H and O–H groups in total. The van der Waals surface area contributed by atoms with Crippen molar-refractivity contribution in [3.8, 4) is 0 Å². The summed E-state index contributed by atoms with van der Waals surface area (Å²) in [7, 11) is 0. The summed E-state index contributed by atoms with van der Waals surface area (Å²) in [6.45, 7) is -0.652. The molecule has 9 nitrogen and oxygen atoms in total. The van der Waals surface area contributed by atoms with Crippen molar-refractivity contribution in [3.63, 3.8) is 0 Å². The fourth-order valence-corrected chi connectivity index (χ4v) is 6.16. The number of fused-ring (bicyclic) bond motifs is 2. The molecular formula is C26H28F4N4O5. The molecule has 2 aromatic rings. The van der Waals surface area contributed by atoms with Gasteiger partial charge in [-0.1, -0.05) is 6.42 Å². The maximum Gasteiger partial charge on any atom is 0.522 e. The Kier molecular flexibility index (Phi) is 7.36. The molecule has 2 saturated heterocycles. The molecule has 3 amide bonds. The minimum atomic E-state index is -5.04. The average molecular weight is 553 g/mol. The first-order chi connectivity index (χ1) is 18.5. The van der Waals surface area contributed by atoms with Crippen LogP contribution in [0.1, 0.15) is 42.6 Å². The number of carbonyl (C=O) groups is 4. The molecule has 0 spiro atoms. The number of nitrogens with one attached hydrogen (secondary N) is 3. The van der Waals surface area contributed by atoms with E-state index >= 15 is 0 Å². The molecular weight excluding hydrogens is 524 g/mol. The molecule has 1 aliphatic carbocycles. The van der Waals surface area contributed by atoms with Gasteiger partial charge in [-0.25, -0.2) is 4.39 Å². The molecule has 0 bridgehead atoms. The average Bonchev–Trinajstić information content (AvgIpc) is 3.65. The number of ketones is 1. The molecule has 5 rings (SSSR count). The van der Waals surface area contributed by atoms with Gasteiger partial charge in [-0.3, -0.25) is 23.9 Å². The normalized spacial score (nSPS) is 25.5. The minimum absolute atomic E-state index is 0.0508. The van der Waals surface area contributed by atoms with E-state index in [-0.39, 0.29) is 29.9 Å². The van der Waals surface area contributed by atoms with Crippen LogP contribution in [0.2, 0.25) is 0 Å². The Labute approximate surface area is 220 Å². The summed E-state index contributed by atoms with van der Waals surface area (Å²) in [6, 6.07) is 3.19. The first-order valence-corrected chi connectivity index (χ1v) is 12.9. The lowest BCUT2D eigenvalue weighted by Crippen LogP contribution is -2.54. The molecule has 39 heavy (non-hydrogen) atoms. The van der Waals surface area contributed by atoms with Crippen molar-refractivity contribution in [3.05, 3.63) is 35.8 Å². The Morgan fingerprint density at radius 2 is 1.95 bits per heavy atom. The number of aromatic amines is 1. The Bertz CT molecular complexity index is 1290. The lowest BCUT2D eigenvalue weighted by atomic mass is 9.92. The molecule has 1 aromatic heterocycles. The second-order valence-corrected chi connectivity index (χ2v) is 10.4. The molecule has 1 saturated carbocycles. The van der Waals surface area contributed by atoms with Crippen LogP contribution in [0.15, 0.2) is 24.3 Å². The largest absolute Gasteiger partial charge is 0.522 e. The number of halogens is 4. The zero-order valence-electron chi connectivity index (χ0n) is 20.9. The van der Waals surface area contributed by atoms with E-state index in [0.717, 1.165) is 12.8 Å². The van der Waals surface area contributed by atoms with Crippen LogP contribution in [-0.4, -0.2) is 71.5 Å². The number of hydrogen-bond acceptors (Lipinski definition) is 5. The third kappa shape index (κ3) is 5.77. The maximum absolute atomic E-state index is 13.7. The van der Waals surface area contributed by atoms with Gasteiger partial charge >= 0.3 is 6.36 Å². The van der Waals surface area contributed by atoms with E-state index < -0.39 is 54.4 Å². The van der Waals surface area contributed by atoms with Crippen LogP contribution in [0.5, 0.6) is 0 Å². The molecule has 2 aliphatic heterocycles. The summed E-state index contributed by atoms with van der Waals surface area (Å²) in [5.41, 5.74) is 0.715. The van der Waals surface area contributed by atoms with E-state index in [1.807, 2.05) is 0 Å². The van der Waals surface area contributed by atoms with Crippen LogP contribution < -0.4 is 10.6 Å². The van der Waals surface area contributed by atoms with Crippen molar-refractivity contribution < 1.29 is 41.5 Å². The van der Waals surface area contributed by atoms with Crippen molar-refractivity contribution in [2.75, 3.05) is 19.7 Å². The first kappa shape index (κ1) is 27.1. The highest BCUT2D eigenvalue weighted by Gasteiger charge is 2.50. The van der Waals surface area contributed by atoms with Crippen molar-refractivity contribution in [2.45, 2.75) is 50.6 Å². The molecule has 5 unspecified atom stereocenters. The molecule has 3 aliphatic rings. The van der Waals surface area contributed by atoms with E-state index in [9.17, 15) is 36.7 Å². The number of amides is 3. The Morgan fingerprint density at radius 3 is 2.67 bits per heavy atom. The summed E-state index contributed by atoms with van der Waals surface area (Å²) >= 11 is 0. The van der Waals surface area contributed by atoms with Gasteiger partial charge in [-0.2, -0.15) is 0 Å². The maximum atomic E-state index is 13.7. The monoisotopic (exact) mass is 552 g/mol. The number of H-pyrrole nitrogens is 1. The lowest BCUT2D eigenvalue weighted by molar-refractivity contribution is -0.321. The van der Waals surface area contributed by atoms with Crippen LogP contribution >= 0.6 is 0 Å². The number of benzene rings is 1. The van der Waals surface area contributed by atoms with Crippen LogP contribution in [-0.2, 0) is 19.1 Å².